The van der Waals surface area contributed by atoms with Crippen LogP contribution in [-0.4, -0.2) is 31.0 Å². The molecule has 0 aromatic heterocycles. The van der Waals surface area contributed by atoms with Gasteiger partial charge in [-0.2, -0.15) is 5.26 Å². The van der Waals surface area contributed by atoms with Crippen molar-refractivity contribution in [3.63, 3.8) is 0 Å². The third kappa shape index (κ3) is 7.33. The normalized spacial score (nSPS) is 11.9. The van der Waals surface area contributed by atoms with Gasteiger partial charge in [-0.15, -0.1) is 0 Å². The van der Waals surface area contributed by atoms with Crippen LogP contribution < -0.4 is 5.32 Å². The predicted molar refractivity (Wildman–Crippen MR) is 85.6 cm³/mol. The smallest absolute Gasteiger partial charge is 0.101 e. The molecular formula is C16H23ClN2O2. The molecule has 0 heterocycles. The quantitative estimate of drug-likeness (QED) is 0.648. The topological polar surface area (TPSA) is 65.3 Å². The summed E-state index contributed by atoms with van der Waals surface area (Å²) in [5, 5.41) is 22.1. The number of hydrogen-bond acceptors (Lipinski definition) is 4. The Labute approximate surface area is 131 Å². The molecule has 116 valence electrons. The minimum Gasteiger partial charge on any atom is -0.389 e. The third-order valence-corrected chi connectivity index (χ3v) is 3.40. The number of benzene rings is 1. The molecule has 1 rings (SSSR count). The van der Waals surface area contributed by atoms with Crippen molar-refractivity contribution in [2.24, 2.45) is 0 Å². The summed E-state index contributed by atoms with van der Waals surface area (Å²) in [4.78, 5) is 0. The maximum Gasteiger partial charge on any atom is 0.101 e. The fraction of sp³-hybridized carbons (Fsp3) is 0.562. The summed E-state index contributed by atoms with van der Waals surface area (Å²) in [6.07, 6.45) is 4.09. The van der Waals surface area contributed by atoms with Crippen molar-refractivity contribution in [2.45, 2.75) is 38.7 Å². The first kappa shape index (κ1) is 17.8. The number of aliphatic hydroxyl groups is 1. The Morgan fingerprint density at radius 1 is 1.38 bits per heavy atom. The second-order valence-electron chi connectivity index (χ2n) is 4.98. The van der Waals surface area contributed by atoms with Crippen LogP contribution in [-0.2, 0) is 4.74 Å². The summed E-state index contributed by atoms with van der Waals surface area (Å²) < 4.78 is 5.43. The van der Waals surface area contributed by atoms with E-state index < -0.39 is 6.10 Å². The lowest BCUT2D eigenvalue weighted by molar-refractivity contribution is 0.0417. The van der Waals surface area contributed by atoms with Gasteiger partial charge in [-0.05, 0) is 24.6 Å². The van der Waals surface area contributed by atoms with Gasteiger partial charge in [-0.3, -0.25) is 0 Å². The number of nitriles is 1. The largest absolute Gasteiger partial charge is 0.389 e. The van der Waals surface area contributed by atoms with E-state index in [1.54, 1.807) is 18.2 Å². The van der Waals surface area contributed by atoms with E-state index >= 15 is 0 Å². The summed E-state index contributed by atoms with van der Waals surface area (Å²) >= 11 is 5.94. The van der Waals surface area contributed by atoms with Crippen molar-refractivity contribution >= 4 is 17.3 Å². The van der Waals surface area contributed by atoms with Gasteiger partial charge in [0.15, 0.2) is 0 Å². The van der Waals surface area contributed by atoms with Crippen LogP contribution in [0.5, 0.6) is 0 Å². The van der Waals surface area contributed by atoms with E-state index in [1.165, 1.54) is 19.3 Å². The fourth-order valence-electron chi connectivity index (χ4n) is 1.86. The predicted octanol–water partition coefficient (Wildman–Crippen LogP) is 3.58. The molecular weight excluding hydrogens is 288 g/mol. The number of halogens is 1. The second kappa shape index (κ2) is 10.4. The van der Waals surface area contributed by atoms with Crippen LogP contribution in [0.25, 0.3) is 0 Å². The monoisotopic (exact) mass is 310 g/mol. The molecule has 5 heteroatoms. The van der Waals surface area contributed by atoms with Crippen molar-refractivity contribution in [3.8, 4) is 6.07 Å². The molecule has 1 aromatic carbocycles. The minimum atomic E-state index is -0.564. The third-order valence-electron chi connectivity index (χ3n) is 3.08. The lowest BCUT2D eigenvalue weighted by atomic mass is 10.2. The van der Waals surface area contributed by atoms with Crippen LogP contribution in [0.15, 0.2) is 18.2 Å². The van der Waals surface area contributed by atoms with E-state index in [9.17, 15) is 5.11 Å². The molecule has 0 fully saturated rings. The van der Waals surface area contributed by atoms with Crippen molar-refractivity contribution in [1.29, 1.82) is 5.26 Å². The molecule has 0 aliphatic rings. The lowest BCUT2D eigenvalue weighted by Gasteiger charge is -2.13. The van der Waals surface area contributed by atoms with Gasteiger partial charge in [-0.1, -0.05) is 37.8 Å². The highest BCUT2D eigenvalue weighted by Crippen LogP contribution is 2.20. The van der Waals surface area contributed by atoms with Gasteiger partial charge in [0.05, 0.1) is 23.3 Å². The van der Waals surface area contributed by atoms with Gasteiger partial charge in [0.2, 0.25) is 0 Å². The second-order valence-corrected chi connectivity index (χ2v) is 5.38. The standard InChI is InChI=1S/C16H23ClN2O2/c1-2-3-4-5-8-21-12-15(20)11-19-14-7-6-13(10-18)16(17)9-14/h6-7,9,15,19-20H,2-5,8,11-12H2,1H3. The number of nitrogens with one attached hydrogen (secondary N) is 1. The molecule has 0 bridgehead atoms. The van der Waals surface area contributed by atoms with E-state index in [0.29, 0.717) is 30.3 Å². The first-order valence-corrected chi connectivity index (χ1v) is 7.74. The Hall–Kier alpha value is -1.28. The number of hydrogen-bond donors (Lipinski definition) is 2. The number of rotatable bonds is 10. The maximum atomic E-state index is 9.81. The maximum absolute atomic E-state index is 9.81. The lowest BCUT2D eigenvalue weighted by Crippen LogP contribution is -2.25. The van der Waals surface area contributed by atoms with Crippen molar-refractivity contribution in [1.82, 2.24) is 0 Å². The molecule has 0 radical (unpaired) electrons. The number of nitrogens with zero attached hydrogens (tertiary/aromatic N) is 1. The average Bonchev–Trinajstić information content (AvgIpc) is 2.49. The molecule has 1 atom stereocenters. The number of anilines is 1. The van der Waals surface area contributed by atoms with E-state index in [-0.39, 0.29) is 0 Å². The summed E-state index contributed by atoms with van der Waals surface area (Å²) in [5.74, 6) is 0. The molecule has 0 aliphatic carbocycles. The summed E-state index contributed by atoms with van der Waals surface area (Å²) in [7, 11) is 0. The number of unbranched alkanes of at least 4 members (excludes halogenated alkanes) is 3. The van der Waals surface area contributed by atoms with Crippen molar-refractivity contribution in [3.05, 3.63) is 28.8 Å². The molecule has 0 aliphatic heterocycles. The Morgan fingerprint density at radius 3 is 2.86 bits per heavy atom. The Morgan fingerprint density at radius 2 is 2.19 bits per heavy atom. The first-order chi connectivity index (χ1) is 10.2. The summed E-state index contributed by atoms with van der Waals surface area (Å²) in [5.41, 5.74) is 1.22. The molecule has 0 spiro atoms. The van der Waals surface area contributed by atoms with Gasteiger partial charge >= 0.3 is 0 Å². The van der Waals surface area contributed by atoms with Gasteiger partial charge in [-0.25, -0.2) is 0 Å². The molecule has 21 heavy (non-hydrogen) atoms. The fourth-order valence-corrected chi connectivity index (χ4v) is 2.08. The molecule has 0 saturated carbocycles. The molecule has 0 amide bonds. The highest BCUT2D eigenvalue weighted by Gasteiger charge is 2.05. The minimum absolute atomic E-state index is 0.323. The van der Waals surface area contributed by atoms with Crippen molar-refractivity contribution in [2.75, 3.05) is 25.1 Å². The van der Waals surface area contributed by atoms with E-state index in [4.69, 9.17) is 21.6 Å². The van der Waals surface area contributed by atoms with E-state index in [1.807, 2.05) is 6.07 Å². The zero-order valence-corrected chi connectivity index (χ0v) is 13.2. The zero-order chi connectivity index (χ0) is 15.5. The summed E-state index contributed by atoms with van der Waals surface area (Å²) in [6.45, 7) is 3.58. The van der Waals surface area contributed by atoms with Gasteiger partial charge in [0.25, 0.3) is 0 Å². The van der Waals surface area contributed by atoms with Crippen LogP contribution >= 0.6 is 11.6 Å². The number of ether oxygens (including phenoxy) is 1. The molecule has 1 unspecified atom stereocenters. The van der Waals surface area contributed by atoms with Crippen LogP contribution in [0.2, 0.25) is 5.02 Å². The highest BCUT2D eigenvalue weighted by molar-refractivity contribution is 6.32. The molecule has 0 saturated heterocycles. The Bertz CT molecular complexity index is 460. The van der Waals surface area contributed by atoms with Gasteiger partial charge in [0, 0.05) is 18.8 Å². The van der Waals surface area contributed by atoms with Crippen LogP contribution in [0.3, 0.4) is 0 Å². The summed E-state index contributed by atoms with van der Waals surface area (Å²) in [6, 6.07) is 7.11. The van der Waals surface area contributed by atoms with Gasteiger partial charge < -0.3 is 15.2 Å². The molecule has 4 nitrogen and oxygen atoms in total. The molecule has 2 N–H and O–H groups in total. The number of aliphatic hydroxyl groups excluding tert-OH is 1. The van der Waals surface area contributed by atoms with E-state index in [2.05, 4.69) is 12.2 Å². The Balaban J connectivity index is 2.19. The van der Waals surface area contributed by atoms with Gasteiger partial charge in [0.1, 0.15) is 6.07 Å². The van der Waals surface area contributed by atoms with E-state index in [0.717, 1.165) is 12.1 Å². The van der Waals surface area contributed by atoms with Crippen LogP contribution in [0.1, 0.15) is 38.2 Å². The first-order valence-electron chi connectivity index (χ1n) is 7.36. The average molecular weight is 311 g/mol. The highest BCUT2D eigenvalue weighted by atomic mass is 35.5. The van der Waals surface area contributed by atoms with Crippen molar-refractivity contribution < 1.29 is 9.84 Å². The SMILES string of the molecule is CCCCCCOCC(O)CNc1ccc(C#N)c(Cl)c1. The van der Waals surface area contributed by atoms with Crippen LogP contribution in [0, 0.1) is 11.3 Å². The Kier molecular flexibility index (Phi) is 8.84. The van der Waals surface area contributed by atoms with Crippen LogP contribution in [0.4, 0.5) is 5.69 Å². The molecule has 1 aromatic rings. The zero-order valence-electron chi connectivity index (χ0n) is 12.4.